The van der Waals surface area contributed by atoms with E-state index in [9.17, 15) is 18.0 Å². The van der Waals surface area contributed by atoms with Crippen LogP contribution in [0.1, 0.15) is 28.7 Å². The number of pyridine rings is 3. The van der Waals surface area contributed by atoms with Crippen LogP contribution in [-0.2, 0) is 11.8 Å². The Morgan fingerprint density at radius 2 is 1.71 bits per heavy atom. The summed E-state index contributed by atoms with van der Waals surface area (Å²) in [6.07, 6.45) is -1.05. The third-order valence-corrected chi connectivity index (χ3v) is 4.81. The topological polar surface area (TPSA) is 67.8 Å². The number of alkyl halides is 4. The van der Waals surface area contributed by atoms with E-state index in [2.05, 4.69) is 20.3 Å². The van der Waals surface area contributed by atoms with Gasteiger partial charge in [-0.05, 0) is 37.3 Å². The van der Waals surface area contributed by atoms with Gasteiger partial charge < -0.3 is 5.32 Å². The second-order valence-corrected chi connectivity index (χ2v) is 7.50. The van der Waals surface area contributed by atoms with Crippen molar-refractivity contribution in [1.82, 2.24) is 20.3 Å². The summed E-state index contributed by atoms with van der Waals surface area (Å²) < 4.78 is 54.4. The fourth-order valence-corrected chi connectivity index (χ4v) is 3.24. The number of carbonyl (C=O) groups is 1. The van der Waals surface area contributed by atoms with E-state index < -0.39 is 35.6 Å². The lowest BCUT2D eigenvalue weighted by atomic mass is 10.0. The van der Waals surface area contributed by atoms with Crippen LogP contribution < -0.4 is 5.32 Å². The zero-order valence-electron chi connectivity index (χ0n) is 15.8. The molecule has 0 bridgehead atoms. The number of nitrogens with zero attached hydrogens (tertiary/aromatic N) is 3. The molecule has 31 heavy (non-hydrogen) atoms. The Morgan fingerprint density at radius 3 is 2.32 bits per heavy atom. The lowest BCUT2D eigenvalue weighted by molar-refractivity contribution is -0.141. The molecule has 0 spiro atoms. The molecule has 3 rings (SSSR count). The first-order valence-corrected chi connectivity index (χ1v) is 9.52. The fraction of sp³-hybridized carbons (Fsp3) is 0.200. The molecule has 1 unspecified atom stereocenters. The first-order valence-electron chi connectivity index (χ1n) is 8.76. The smallest absolute Gasteiger partial charge is 0.348 e. The van der Waals surface area contributed by atoms with Crippen molar-refractivity contribution in [2.75, 3.05) is 6.54 Å². The van der Waals surface area contributed by atoms with Crippen molar-refractivity contribution >= 4 is 29.1 Å². The first-order chi connectivity index (χ1) is 14.5. The largest absolute Gasteiger partial charge is 0.434 e. The third-order valence-electron chi connectivity index (χ3n) is 4.30. The highest BCUT2D eigenvalue weighted by atomic mass is 35.5. The van der Waals surface area contributed by atoms with Gasteiger partial charge in [-0.1, -0.05) is 23.2 Å². The molecule has 11 heteroatoms. The van der Waals surface area contributed by atoms with Gasteiger partial charge in [-0.3, -0.25) is 14.8 Å². The van der Waals surface area contributed by atoms with Gasteiger partial charge in [0.15, 0.2) is 11.4 Å². The van der Waals surface area contributed by atoms with Crippen LogP contribution >= 0.6 is 23.2 Å². The summed E-state index contributed by atoms with van der Waals surface area (Å²) in [5, 5.41) is 2.43. The van der Waals surface area contributed by atoms with Gasteiger partial charge in [-0.15, -0.1) is 0 Å². The van der Waals surface area contributed by atoms with E-state index in [1.807, 2.05) is 0 Å². The van der Waals surface area contributed by atoms with Gasteiger partial charge in [0.25, 0.3) is 5.91 Å². The Hall–Kier alpha value is -2.78. The van der Waals surface area contributed by atoms with Crippen molar-refractivity contribution in [1.29, 1.82) is 0 Å². The molecule has 162 valence electrons. The zero-order valence-corrected chi connectivity index (χ0v) is 17.4. The Kier molecular flexibility index (Phi) is 6.47. The summed E-state index contributed by atoms with van der Waals surface area (Å²) in [4.78, 5) is 23.4. The van der Waals surface area contributed by atoms with Gasteiger partial charge >= 0.3 is 6.18 Å². The van der Waals surface area contributed by atoms with Crippen LogP contribution in [0.25, 0.3) is 11.1 Å². The van der Waals surface area contributed by atoms with Crippen molar-refractivity contribution in [2.45, 2.75) is 18.8 Å². The number of rotatable bonds is 5. The highest BCUT2D eigenvalue weighted by Gasteiger charge is 2.38. The maximum Gasteiger partial charge on any atom is 0.434 e. The Morgan fingerprint density at radius 1 is 1.00 bits per heavy atom. The maximum absolute atomic E-state index is 15.3. The van der Waals surface area contributed by atoms with Crippen molar-refractivity contribution in [2.24, 2.45) is 0 Å². The van der Waals surface area contributed by atoms with Gasteiger partial charge in [0.05, 0.1) is 22.8 Å². The molecule has 0 aliphatic carbocycles. The van der Waals surface area contributed by atoms with Gasteiger partial charge in [0, 0.05) is 29.7 Å². The van der Waals surface area contributed by atoms with Gasteiger partial charge in [-0.25, -0.2) is 9.37 Å². The van der Waals surface area contributed by atoms with Crippen LogP contribution in [0, 0.1) is 0 Å². The summed E-state index contributed by atoms with van der Waals surface area (Å²) in [5.41, 5.74) is -3.30. The Labute approximate surface area is 184 Å². The lowest BCUT2D eigenvalue weighted by Crippen LogP contribution is -2.37. The Balaban J connectivity index is 1.78. The number of amides is 1. The van der Waals surface area contributed by atoms with Gasteiger partial charge in [0.2, 0.25) is 0 Å². The van der Waals surface area contributed by atoms with Crippen LogP contribution in [0.15, 0.2) is 48.9 Å². The van der Waals surface area contributed by atoms with Crippen molar-refractivity contribution in [3.8, 4) is 11.1 Å². The summed E-state index contributed by atoms with van der Waals surface area (Å²) >= 11 is 11.9. The van der Waals surface area contributed by atoms with Gasteiger partial charge in [-0.2, -0.15) is 13.2 Å². The second-order valence-electron chi connectivity index (χ2n) is 6.70. The van der Waals surface area contributed by atoms with Gasteiger partial charge in [0.1, 0.15) is 5.15 Å². The molecule has 0 saturated carbocycles. The number of aromatic nitrogens is 3. The number of carbonyl (C=O) groups excluding carboxylic acids is 1. The van der Waals surface area contributed by atoms with Crippen molar-refractivity contribution in [3.63, 3.8) is 0 Å². The summed E-state index contributed by atoms with van der Waals surface area (Å²) in [7, 11) is 0. The van der Waals surface area contributed by atoms with E-state index in [4.69, 9.17) is 23.2 Å². The molecule has 0 saturated heterocycles. The fourth-order valence-electron chi connectivity index (χ4n) is 2.77. The molecule has 0 radical (unpaired) electrons. The molecule has 1 atom stereocenters. The van der Waals surface area contributed by atoms with E-state index in [0.29, 0.717) is 16.3 Å². The number of halogens is 6. The summed E-state index contributed by atoms with van der Waals surface area (Å²) in [5.74, 6) is -1.12. The minimum atomic E-state index is -4.83. The normalized spacial score (nSPS) is 13.5. The molecule has 3 aromatic heterocycles. The van der Waals surface area contributed by atoms with Crippen molar-refractivity contribution in [3.05, 3.63) is 76.0 Å². The number of nitrogens with one attached hydrogen (secondary N) is 1. The van der Waals surface area contributed by atoms with Crippen LogP contribution in [0.4, 0.5) is 17.6 Å². The zero-order chi connectivity index (χ0) is 22.8. The molecule has 3 aromatic rings. The predicted octanol–water partition coefficient (Wildman–Crippen LogP) is 5.48. The second kappa shape index (κ2) is 8.76. The molecule has 1 N–H and O–H groups in total. The van der Waals surface area contributed by atoms with Crippen molar-refractivity contribution < 1.29 is 22.4 Å². The highest BCUT2D eigenvalue weighted by Crippen LogP contribution is 2.33. The van der Waals surface area contributed by atoms with E-state index in [0.717, 1.165) is 19.2 Å². The SMILES string of the molecule is CC(F)(CNC(=O)c1cccnc1C(F)(F)F)c1ncc(-c2ccc(Cl)nc2)cc1Cl. The first kappa shape index (κ1) is 22.9. The van der Waals surface area contributed by atoms with E-state index in [1.54, 1.807) is 12.1 Å². The number of hydrogen-bond acceptors (Lipinski definition) is 4. The molecule has 3 heterocycles. The highest BCUT2D eigenvalue weighted by molar-refractivity contribution is 6.31. The molecular weight excluding hydrogens is 459 g/mol. The molecule has 0 fully saturated rings. The average Bonchev–Trinajstić information content (AvgIpc) is 2.71. The van der Waals surface area contributed by atoms with E-state index in [-0.39, 0.29) is 10.7 Å². The van der Waals surface area contributed by atoms with Crippen LogP contribution in [-0.4, -0.2) is 27.4 Å². The van der Waals surface area contributed by atoms with Crippen LogP contribution in [0.2, 0.25) is 10.2 Å². The quantitative estimate of drug-likeness (QED) is 0.394. The predicted molar refractivity (Wildman–Crippen MR) is 108 cm³/mol. The monoisotopic (exact) mass is 472 g/mol. The Bertz CT molecular complexity index is 1110. The molecule has 1 amide bonds. The van der Waals surface area contributed by atoms with Crippen LogP contribution in [0.5, 0.6) is 0 Å². The average molecular weight is 473 g/mol. The lowest BCUT2D eigenvalue weighted by Gasteiger charge is -2.22. The maximum atomic E-state index is 15.3. The molecule has 0 aliphatic heterocycles. The number of hydrogen-bond donors (Lipinski definition) is 1. The van der Waals surface area contributed by atoms with Crippen LogP contribution in [0.3, 0.4) is 0 Å². The minimum absolute atomic E-state index is 0.0240. The molecule has 0 aliphatic rings. The van der Waals surface area contributed by atoms with E-state index in [1.165, 1.54) is 24.5 Å². The molecule has 5 nitrogen and oxygen atoms in total. The third kappa shape index (κ3) is 5.29. The van der Waals surface area contributed by atoms with E-state index >= 15 is 4.39 Å². The summed E-state index contributed by atoms with van der Waals surface area (Å²) in [6.45, 7) is 0.450. The molecule has 0 aromatic carbocycles. The summed E-state index contributed by atoms with van der Waals surface area (Å²) in [6, 6.07) is 6.87. The standard InChI is InChI=1S/C20H14Cl2F4N4O/c1-19(23,10-30-18(31)13-3-2-6-27-16(13)20(24,25)26)17-14(21)7-12(9-29-17)11-4-5-15(22)28-8-11/h2-9H,10H2,1H3,(H,30,31). The molecular formula is C20H14Cl2F4N4O. The minimum Gasteiger partial charge on any atom is -0.348 e.